The van der Waals surface area contributed by atoms with Gasteiger partial charge in [0.05, 0.1) is 12.3 Å². The molecule has 0 heterocycles. The Kier molecular flexibility index (Phi) is 6.51. The van der Waals surface area contributed by atoms with Crippen molar-refractivity contribution in [1.82, 2.24) is 0 Å². The Hall–Kier alpha value is -2.42. The fourth-order valence-electron chi connectivity index (χ4n) is 2.14. The van der Waals surface area contributed by atoms with Gasteiger partial charge in [-0.25, -0.2) is 13.6 Å². The predicted molar refractivity (Wildman–Crippen MR) is 93.9 cm³/mol. The molecule has 0 aliphatic carbocycles. The molecule has 2 aromatic carbocycles. The van der Waals surface area contributed by atoms with Gasteiger partial charge in [-0.15, -0.1) is 0 Å². The number of hydrogen-bond donors (Lipinski definition) is 5. The zero-order valence-electron chi connectivity index (χ0n) is 13.1. The van der Waals surface area contributed by atoms with E-state index in [1.807, 2.05) is 0 Å². The van der Waals surface area contributed by atoms with E-state index in [9.17, 15) is 18.7 Å². The molecule has 0 aliphatic heterocycles. The number of anilines is 3. The number of aliphatic hydroxyl groups excluding tert-OH is 1. The number of benzene rings is 2. The highest BCUT2D eigenvalue weighted by atomic mass is 35.5. The van der Waals surface area contributed by atoms with E-state index in [0.29, 0.717) is 35.6 Å². The molecule has 0 aromatic heterocycles. The van der Waals surface area contributed by atoms with Crippen molar-refractivity contribution in [2.45, 2.75) is 6.61 Å². The largest absolute Gasteiger partial charge is 0.391 e. The Morgan fingerprint density at radius 2 is 1.84 bits per heavy atom. The Morgan fingerprint density at radius 1 is 1.12 bits per heavy atom. The minimum Gasteiger partial charge on any atom is -0.391 e. The molecule has 0 aliphatic rings. The molecular weight excluding hydrogens is 354 g/mol. The van der Waals surface area contributed by atoms with E-state index in [2.05, 4.69) is 16.0 Å². The Labute approximate surface area is 148 Å². The average molecular weight is 371 g/mol. The van der Waals surface area contributed by atoms with E-state index in [-0.39, 0.29) is 11.3 Å². The first-order valence-electron chi connectivity index (χ1n) is 7.34. The van der Waals surface area contributed by atoms with E-state index in [4.69, 9.17) is 17.3 Å². The summed E-state index contributed by atoms with van der Waals surface area (Å²) in [6.07, 6.45) is 0. The van der Waals surface area contributed by atoms with Gasteiger partial charge in [0.25, 0.3) is 0 Å². The van der Waals surface area contributed by atoms with Crippen molar-refractivity contribution < 1.29 is 18.7 Å². The summed E-state index contributed by atoms with van der Waals surface area (Å²) in [7, 11) is 0. The zero-order chi connectivity index (χ0) is 18.4. The number of carbonyl (C=O) groups excluding carboxylic acids is 1. The second-order valence-corrected chi connectivity index (χ2v) is 5.53. The quantitative estimate of drug-likeness (QED) is 0.539. The molecule has 25 heavy (non-hydrogen) atoms. The van der Waals surface area contributed by atoms with Crippen LogP contribution in [0.15, 0.2) is 30.3 Å². The molecule has 0 radical (unpaired) electrons. The van der Waals surface area contributed by atoms with Crippen molar-refractivity contribution in [2.75, 3.05) is 29.0 Å². The summed E-state index contributed by atoms with van der Waals surface area (Å²) in [6.45, 7) is 0.255. The van der Waals surface area contributed by atoms with Gasteiger partial charge in [-0.05, 0) is 24.3 Å². The Morgan fingerprint density at radius 3 is 2.52 bits per heavy atom. The lowest BCUT2D eigenvalue weighted by molar-refractivity contribution is 0.261. The van der Waals surface area contributed by atoms with Crippen LogP contribution in [0.3, 0.4) is 0 Å². The molecular formula is C16H17ClF2N4O2. The third kappa shape index (κ3) is 5.28. The second kappa shape index (κ2) is 8.61. The van der Waals surface area contributed by atoms with E-state index in [1.54, 1.807) is 12.1 Å². The summed E-state index contributed by atoms with van der Waals surface area (Å²) in [4.78, 5) is 12.1. The van der Waals surface area contributed by atoms with Crippen molar-refractivity contribution in [3.05, 3.63) is 52.6 Å². The number of halogens is 3. The van der Waals surface area contributed by atoms with Crippen LogP contribution in [0.1, 0.15) is 5.56 Å². The molecule has 2 aromatic rings. The number of nitrogens with two attached hydrogens (primary N) is 1. The van der Waals surface area contributed by atoms with Crippen LogP contribution in [-0.4, -0.2) is 24.2 Å². The maximum atomic E-state index is 13.6. The van der Waals surface area contributed by atoms with Crippen LogP contribution in [-0.2, 0) is 6.61 Å². The highest BCUT2D eigenvalue weighted by Gasteiger charge is 2.13. The zero-order valence-corrected chi connectivity index (χ0v) is 13.8. The molecule has 6 N–H and O–H groups in total. The van der Waals surface area contributed by atoms with Gasteiger partial charge < -0.3 is 26.8 Å². The average Bonchev–Trinajstić information content (AvgIpc) is 2.51. The predicted octanol–water partition coefficient (Wildman–Crippen LogP) is 3.13. The van der Waals surface area contributed by atoms with Crippen molar-refractivity contribution in [3.8, 4) is 0 Å². The first kappa shape index (κ1) is 18.9. The molecule has 0 spiro atoms. The topological polar surface area (TPSA) is 99.4 Å². The van der Waals surface area contributed by atoms with Gasteiger partial charge in [-0.2, -0.15) is 0 Å². The van der Waals surface area contributed by atoms with Gasteiger partial charge in [0.2, 0.25) is 0 Å². The normalized spacial score (nSPS) is 10.4. The summed E-state index contributed by atoms with van der Waals surface area (Å²) in [5.74, 6) is -1.82. The molecule has 9 heteroatoms. The number of hydrogen-bond acceptors (Lipinski definition) is 4. The maximum absolute atomic E-state index is 13.6. The molecule has 0 bridgehead atoms. The van der Waals surface area contributed by atoms with Crippen molar-refractivity contribution >= 4 is 34.7 Å². The summed E-state index contributed by atoms with van der Waals surface area (Å²) < 4.78 is 26.9. The van der Waals surface area contributed by atoms with Gasteiger partial charge in [0.1, 0.15) is 11.6 Å². The van der Waals surface area contributed by atoms with Crippen molar-refractivity contribution in [3.63, 3.8) is 0 Å². The highest BCUT2D eigenvalue weighted by Crippen LogP contribution is 2.24. The molecule has 134 valence electrons. The number of rotatable bonds is 6. The number of nitrogens with one attached hydrogen (secondary N) is 3. The molecule has 0 unspecified atom stereocenters. The van der Waals surface area contributed by atoms with Gasteiger partial charge in [0, 0.05) is 41.1 Å². The Bertz CT molecular complexity index is 774. The first-order chi connectivity index (χ1) is 11.9. The number of urea groups is 1. The van der Waals surface area contributed by atoms with Crippen molar-refractivity contribution in [1.29, 1.82) is 0 Å². The SMILES string of the molecule is NCCNc1cc(Cl)cc(NC(=O)Nc2cc(F)cc(F)c2CO)c1. The summed E-state index contributed by atoms with van der Waals surface area (Å²) in [5, 5.41) is 17.4. The Balaban J connectivity index is 2.14. The lowest BCUT2D eigenvalue weighted by Crippen LogP contribution is -2.21. The van der Waals surface area contributed by atoms with Gasteiger partial charge in [-0.1, -0.05) is 11.6 Å². The van der Waals surface area contributed by atoms with Crippen LogP contribution in [0.4, 0.5) is 30.6 Å². The molecule has 6 nitrogen and oxygen atoms in total. The van der Waals surface area contributed by atoms with Crippen LogP contribution in [0.2, 0.25) is 5.02 Å². The van der Waals surface area contributed by atoms with Crippen LogP contribution < -0.4 is 21.7 Å². The fraction of sp³-hybridized carbons (Fsp3) is 0.188. The van der Waals surface area contributed by atoms with Crippen LogP contribution in [0, 0.1) is 11.6 Å². The lowest BCUT2D eigenvalue weighted by Gasteiger charge is -2.13. The second-order valence-electron chi connectivity index (χ2n) is 5.09. The molecule has 0 atom stereocenters. The monoisotopic (exact) mass is 370 g/mol. The minimum absolute atomic E-state index is 0.166. The molecule has 2 rings (SSSR count). The number of amides is 2. The molecule has 0 fully saturated rings. The fourth-order valence-corrected chi connectivity index (χ4v) is 2.38. The van der Waals surface area contributed by atoms with Crippen LogP contribution in [0.5, 0.6) is 0 Å². The third-order valence-electron chi connectivity index (χ3n) is 3.20. The number of carbonyl (C=O) groups is 1. The van der Waals surface area contributed by atoms with E-state index in [0.717, 1.165) is 6.07 Å². The van der Waals surface area contributed by atoms with Crippen LogP contribution >= 0.6 is 11.6 Å². The minimum atomic E-state index is -0.950. The molecule has 0 saturated heterocycles. The highest BCUT2D eigenvalue weighted by molar-refractivity contribution is 6.31. The van der Waals surface area contributed by atoms with E-state index in [1.165, 1.54) is 6.07 Å². The third-order valence-corrected chi connectivity index (χ3v) is 3.41. The summed E-state index contributed by atoms with van der Waals surface area (Å²) in [6, 6.07) is 5.59. The smallest absolute Gasteiger partial charge is 0.323 e. The van der Waals surface area contributed by atoms with Crippen LogP contribution in [0.25, 0.3) is 0 Å². The lowest BCUT2D eigenvalue weighted by atomic mass is 10.1. The van der Waals surface area contributed by atoms with Crippen molar-refractivity contribution in [2.24, 2.45) is 5.73 Å². The van der Waals surface area contributed by atoms with Gasteiger partial charge in [-0.3, -0.25) is 0 Å². The van der Waals surface area contributed by atoms with Gasteiger partial charge >= 0.3 is 6.03 Å². The van der Waals surface area contributed by atoms with E-state index >= 15 is 0 Å². The molecule has 2 amide bonds. The number of aliphatic hydroxyl groups is 1. The van der Waals surface area contributed by atoms with E-state index < -0.39 is 24.3 Å². The summed E-state index contributed by atoms with van der Waals surface area (Å²) in [5.41, 5.74) is 6.05. The first-order valence-corrected chi connectivity index (χ1v) is 7.72. The standard InChI is InChI=1S/C16H17ClF2N4O2/c17-9-3-11(21-2-1-20)7-12(4-9)22-16(25)23-15-6-10(18)5-14(19)13(15)8-24/h3-7,21,24H,1-2,8,20H2,(H2,22,23,25). The maximum Gasteiger partial charge on any atom is 0.323 e. The summed E-state index contributed by atoms with van der Waals surface area (Å²) >= 11 is 5.99. The molecule has 0 saturated carbocycles. The van der Waals surface area contributed by atoms with Gasteiger partial charge in [0.15, 0.2) is 0 Å².